The van der Waals surface area contributed by atoms with Gasteiger partial charge in [0, 0.05) is 37.6 Å². The Morgan fingerprint density at radius 2 is 1.76 bits per heavy atom. The van der Waals surface area contributed by atoms with Gasteiger partial charge in [-0.05, 0) is 56.8 Å². The Bertz CT molecular complexity index is 991. The lowest BCUT2D eigenvalue weighted by molar-refractivity contribution is -0.576. The van der Waals surface area contributed by atoms with Gasteiger partial charge in [0.25, 0.3) is 0 Å². The van der Waals surface area contributed by atoms with Crippen LogP contribution < -0.4 is 10.6 Å². The van der Waals surface area contributed by atoms with Crippen molar-refractivity contribution in [3.8, 4) is 0 Å². The number of rotatable bonds is 12. The number of carboxylic acids is 1. The smallest absolute Gasteiger partial charge is 0.326 e. The van der Waals surface area contributed by atoms with Crippen LogP contribution in [-0.2, 0) is 43.2 Å². The average Bonchev–Trinajstić information content (AvgIpc) is 3.13. The fourth-order valence-electron chi connectivity index (χ4n) is 6.94. The zero-order valence-corrected chi connectivity index (χ0v) is 24.8. The number of carbonyl (C=O) groups is 4. The lowest BCUT2D eigenvalue weighted by Gasteiger charge is -2.59. The van der Waals surface area contributed by atoms with Gasteiger partial charge in [0.2, 0.25) is 23.9 Å². The molecular weight excluding hydrogens is 536 g/mol. The van der Waals surface area contributed by atoms with E-state index in [2.05, 4.69) is 17.6 Å². The highest BCUT2D eigenvalue weighted by atomic mass is 17.3. The number of hydrogen-bond acceptors (Lipinski definition) is 9. The largest absolute Gasteiger partial charge is 0.480 e. The molecule has 4 aliphatic heterocycles. The second-order valence-corrected chi connectivity index (χ2v) is 12.8. The summed E-state index contributed by atoms with van der Waals surface area (Å²) in [6.45, 7) is 10.1. The molecule has 2 bridgehead atoms. The Kier molecular flexibility index (Phi) is 9.98. The second kappa shape index (κ2) is 12.9. The summed E-state index contributed by atoms with van der Waals surface area (Å²) in [6.07, 6.45) is 2.56. The lowest BCUT2D eigenvalue weighted by Crippen LogP contribution is -2.70. The van der Waals surface area contributed by atoms with E-state index in [0.29, 0.717) is 25.2 Å². The molecule has 12 heteroatoms. The maximum Gasteiger partial charge on any atom is 0.326 e. The molecule has 41 heavy (non-hydrogen) atoms. The SMILES string of the molecule is CC(C)C[C@@H](NC(=O)CCCNC(=O)CCC(=O)O[C@@H]1O[C@H]2O[C@@]3(C)CC[C@H]4[C@H](C)CC[C@H]([C@@H]1C)[C@]24OO3)C(=O)O. The highest BCUT2D eigenvalue weighted by molar-refractivity contribution is 5.83. The maximum absolute atomic E-state index is 12.7. The van der Waals surface area contributed by atoms with Crippen molar-refractivity contribution < 1.29 is 48.3 Å². The number of hydrogen-bond donors (Lipinski definition) is 3. The molecule has 1 saturated carbocycles. The molecule has 2 amide bonds. The third kappa shape index (κ3) is 7.03. The summed E-state index contributed by atoms with van der Waals surface area (Å²) >= 11 is 0. The fourth-order valence-corrected chi connectivity index (χ4v) is 6.94. The van der Waals surface area contributed by atoms with Gasteiger partial charge in [0.05, 0.1) is 6.42 Å². The quantitative estimate of drug-likeness (QED) is 0.177. The number of amides is 2. The first kappa shape index (κ1) is 31.7. The number of ether oxygens (including phenoxy) is 3. The van der Waals surface area contributed by atoms with Crippen molar-refractivity contribution in [1.29, 1.82) is 0 Å². The summed E-state index contributed by atoms with van der Waals surface area (Å²) < 4.78 is 18.3. The first-order valence-electron chi connectivity index (χ1n) is 15.0. The molecule has 5 aliphatic rings. The van der Waals surface area contributed by atoms with E-state index in [9.17, 15) is 24.3 Å². The van der Waals surface area contributed by atoms with Crippen LogP contribution in [0, 0.1) is 29.6 Å². The molecule has 232 valence electrons. The van der Waals surface area contributed by atoms with E-state index in [1.807, 2.05) is 27.7 Å². The Morgan fingerprint density at radius 3 is 2.46 bits per heavy atom. The number of nitrogens with one attached hydrogen (secondary N) is 2. The van der Waals surface area contributed by atoms with Crippen LogP contribution in [0.2, 0.25) is 0 Å². The van der Waals surface area contributed by atoms with Gasteiger partial charge in [-0.15, -0.1) is 0 Å². The predicted octanol–water partition coefficient (Wildman–Crippen LogP) is 3.03. The molecule has 0 aromatic heterocycles. The molecule has 0 unspecified atom stereocenters. The molecule has 1 spiro atoms. The minimum Gasteiger partial charge on any atom is -0.480 e. The monoisotopic (exact) mass is 582 g/mol. The van der Waals surface area contributed by atoms with Gasteiger partial charge < -0.3 is 30.0 Å². The van der Waals surface area contributed by atoms with E-state index in [4.69, 9.17) is 24.0 Å². The summed E-state index contributed by atoms with van der Waals surface area (Å²) in [5, 5.41) is 14.5. The summed E-state index contributed by atoms with van der Waals surface area (Å²) in [5.41, 5.74) is -0.740. The highest BCUT2D eigenvalue weighted by Crippen LogP contribution is 2.60. The number of esters is 1. The zero-order chi connectivity index (χ0) is 29.9. The molecule has 12 nitrogen and oxygen atoms in total. The predicted molar refractivity (Wildman–Crippen MR) is 143 cm³/mol. The Morgan fingerprint density at radius 1 is 1.00 bits per heavy atom. The Labute approximate surface area is 241 Å². The molecule has 3 N–H and O–H groups in total. The van der Waals surface area contributed by atoms with Crippen LogP contribution in [0.1, 0.15) is 92.4 Å². The molecule has 1 aliphatic carbocycles. The lowest BCUT2D eigenvalue weighted by atomic mass is 9.58. The fraction of sp³-hybridized carbons (Fsp3) is 0.862. The van der Waals surface area contributed by atoms with Gasteiger partial charge in [-0.2, -0.15) is 0 Å². The van der Waals surface area contributed by atoms with Gasteiger partial charge in [-0.1, -0.05) is 27.7 Å². The van der Waals surface area contributed by atoms with Crippen molar-refractivity contribution in [2.45, 2.75) is 122 Å². The molecule has 9 atom stereocenters. The molecule has 0 aromatic rings. The van der Waals surface area contributed by atoms with Crippen LogP contribution in [-0.4, -0.2) is 65.4 Å². The molecule has 4 heterocycles. The third-order valence-electron chi connectivity index (χ3n) is 9.14. The summed E-state index contributed by atoms with van der Waals surface area (Å²) in [4.78, 5) is 60.3. The topological polar surface area (TPSA) is 159 Å². The van der Waals surface area contributed by atoms with Crippen molar-refractivity contribution in [1.82, 2.24) is 10.6 Å². The van der Waals surface area contributed by atoms with Crippen molar-refractivity contribution in [2.24, 2.45) is 29.6 Å². The zero-order valence-electron chi connectivity index (χ0n) is 24.8. The van der Waals surface area contributed by atoms with Gasteiger partial charge in [-0.25, -0.2) is 14.6 Å². The van der Waals surface area contributed by atoms with Crippen molar-refractivity contribution in [3.05, 3.63) is 0 Å². The summed E-state index contributed by atoms with van der Waals surface area (Å²) in [7, 11) is 0. The normalized spacial score (nSPS) is 36.5. The Hall–Kier alpha value is -2.28. The number of fused-ring (bicyclic) bond motifs is 2. The van der Waals surface area contributed by atoms with Crippen molar-refractivity contribution >= 4 is 23.8 Å². The van der Waals surface area contributed by atoms with E-state index in [0.717, 1.165) is 19.3 Å². The van der Waals surface area contributed by atoms with E-state index >= 15 is 0 Å². The number of carbonyl (C=O) groups excluding carboxylic acids is 3. The third-order valence-corrected chi connectivity index (χ3v) is 9.14. The minimum absolute atomic E-state index is 0.0274. The minimum atomic E-state index is -1.07. The van der Waals surface area contributed by atoms with Crippen LogP contribution in [0.25, 0.3) is 0 Å². The summed E-state index contributed by atoms with van der Waals surface area (Å²) in [6, 6.07) is -0.930. The van der Waals surface area contributed by atoms with E-state index in [1.165, 1.54) is 0 Å². The van der Waals surface area contributed by atoms with Gasteiger partial charge in [0.1, 0.15) is 6.04 Å². The van der Waals surface area contributed by atoms with E-state index in [1.54, 1.807) is 0 Å². The van der Waals surface area contributed by atoms with Crippen LogP contribution in [0.5, 0.6) is 0 Å². The van der Waals surface area contributed by atoms with Gasteiger partial charge in [-0.3, -0.25) is 14.4 Å². The van der Waals surface area contributed by atoms with Crippen molar-refractivity contribution in [3.63, 3.8) is 0 Å². The van der Waals surface area contributed by atoms with Crippen LogP contribution in [0.3, 0.4) is 0 Å². The molecule has 5 rings (SSSR count). The van der Waals surface area contributed by atoms with Crippen LogP contribution in [0.4, 0.5) is 0 Å². The molecule has 0 radical (unpaired) electrons. The van der Waals surface area contributed by atoms with Gasteiger partial charge >= 0.3 is 11.9 Å². The Balaban J connectivity index is 1.21. The van der Waals surface area contributed by atoms with Crippen molar-refractivity contribution in [2.75, 3.05) is 6.54 Å². The first-order chi connectivity index (χ1) is 19.3. The standard InChI is InChI=1S/C29H46N2O10/c1-16(2)15-21(25(35)36)31-23(33)7-6-14-30-22(32)10-11-24(34)37-26-18(4)20-9-8-17(3)19-12-13-28(5)39-27(38-26)29(19,20)41-40-28/h16-21,26-27H,6-15H2,1-5H3,(H,30,32)(H,31,33)(H,35,36)/t17-,18+,19+,20-,21-,26-,27+,28-,29+/m1/s1. The highest BCUT2D eigenvalue weighted by Gasteiger charge is 2.69. The number of aliphatic carboxylic acids is 1. The molecular formula is C29H46N2O10. The maximum atomic E-state index is 12.7. The molecule has 0 aromatic carbocycles. The summed E-state index contributed by atoms with van der Waals surface area (Å²) in [5.74, 6) is -2.61. The van der Waals surface area contributed by atoms with Crippen LogP contribution in [0.15, 0.2) is 0 Å². The molecule has 5 fully saturated rings. The van der Waals surface area contributed by atoms with E-state index < -0.39 is 41.9 Å². The molecule has 4 saturated heterocycles. The van der Waals surface area contributed by atoms with E-state index in [-0.39, 0.29) is 61.3 Å². The first-order valence-corrected chi connectivity index (χ1v) is 15.0. The van der Waals surface area contributed by atoms with Gasteiger partial charge in [0.15, 0.2) is 11.9 Å². The van der Waals surface area contributed by atoms with Crippen LogP contribution >= 0.6 is 0 Å². The number of carboxylic acid groups (broad SMARTS) is 1. The second-order valence-electron chi connectivity index (χ2n) is 12.8. The average molecular weight is 583 g/mol.